The van der Waals surface area contributed by atoms with Crippen molar-refractivity contribution < 1.29 is 17.9 Å². The summed E-state index contributed by atoms with van der Waals surface area (Å²) < 4.78 is 30.4. The first kappa shape index (κ1) is 18.2. The molecule has 0 spiro atoms. The van der Waals surface area contributed by atoms with Crippen LogP contribution in [-0.4, -0.2) is 41.8 Å². The van der Waals surface area contributed by atoms with Gasteiger partial charge in [-0.1, -0.05) is 0 Å². The number of hydrogen-bond acceptors (Lipinski definition) is 5. The standard InChI is InChI=1S/C15H19IN2O4S/c1-4-22-14(19)15(2,23(3,20)21)7-8-18-13-6-5-12(16)9-11(13)10-17-18/h5-6,9-10H,4,7-8H2,1-3H3. The predicted molar refractivity (Wildman–Crippen MR) is 96.9 cm³/mol. The van der Waals surface area contributed by atoms with Crippen molar-refractivity contribution >= 4 is 49.3 Å². The minimum atomic E-state index is -3.62. The average Bonchev–Trinajstić information content (AvgIpc) is 2.85. The van der Waals surface area contributed by atoms with Crippen LogP contribution in [0.5, 0.6) is 0 Å². The van der Waals surface area contributed by atoms with E-state index in [-0.39, 0.29) is 13.0 Å². The van der Waals surface area contributed by atoms with Crippen molar-refractivity contribution in [2.24, 2.45) is 0 Å². The zero-order valence-electron chi connectivity index (χ0n) is 13.2. The largest absolute Gasteiger partial charge is 0.465 e. The second kappa shape index (κ2) is 6.76. The first-order valence-corrected chi connectivity index (χ1v) is 10.1. The van der Waals surface area contributed by atoms with Gasteiger partial charge in [0.1, 0.15) is 0 Å². The van der Waals surface area contributed by atoms with Crippen LogP contribution in [0.3, 0.4) is 0 Å². The van der Waals surface area contributed by atoms with E-state index in [1.54, 1.807) is 17.8 Å². The maximum Gasteiger partial charge on any atom is 0.327 e. The molecule has 8 heteroatoms. The van der Waals surface area contributed by atoms with Crippen molar-refractivity contribution in [3.63, 3.8) is 0 Å². The Labute approximate surface area is 149 Å². The number of hydrogen-bond donors (Lipinski definition) is 0. The molecule has 1 heterocycles. The molecule has 0 saturated heterocycles. The third-order valence-corrected chi connectivity index (χ3v) is 6.61. The number of aryl methyl sites for hydroxylation is 1. The molecular weight excluding hydrogens is 431 g/mol. The van der Waals surface area contributed by atoms with Crippen LogP contribution in [0.1, 0.15) is 20.3 Å². The summed E-state index contributed by atoms with van der Waals surface area (Å²) >= 11 is 2.22. The molecule has 6 nitrogen and oxygen atoms in total. The van der Waals surface area contributed by atoms with Gasteiger partial charge in [-0.15, -0.1) is 0 Å². The molecule has 0 fully saturated rings. The fourth-order valence-corrected chi connectivity index (χ4v) is 3.62. The van der Waals surface area contributed by atoms with E-state index in [1.165, 1.54) is 6.92 Å². The van der Waals surface area contributed by atoms with Gasteiger partial charge in [-0.25, -0.2) is 8.42 Å². The monoisotopic (exact) mass is 450 g/mol. The van der Waals surface area contributed by atoms with Crippen molar-refractivity contribution in [1.82, 2.24) is 9.78 Å². The third-order valence-electron chi connectivity index (χ3n) is 3.93. The van der Waals surface area contributed by atoms with Crippen LogP contribution >= 0.6 is 22.6 Å². The zero-order chi connectivity index (χ0) is 17.3. The molecule has 0 saturated carbocycles. The summed E-state index contributed by atoms with van der Waals surface area (Å²) in [5, 5.41) is 5.27. The van der Waals surface area contributed by atoms with E-state index in [0.717, 1.165) is 20.7 Å². The van der Waals surface area contributed by atoms with Crippen LogP contribution in [0.4, 0.5) is 0 Å². The Kier molecular flexibility index (Phi) is 5.34. The van der Waals surface area contributed by atoms with E-state index in [0.29, 0.717) is 6.54 Å². The molecule has 126 valence electrons. The lowest BCUT2D eigenvalue weighted by Gasteiger charge is -2.25. The number of halogens is 1. The van der Waals surface area contributed by atoms with Gasteiger partial charge in [0.05, 0.1) is 18.3 Å². The first-order chi connectivity index (χ1) is 10.7. The summed E-state index contributed by atoms with van der Waals surface area (Å²) in [6.45, 7) is 3.53. The highest BCUT2D eigenvalue weighted by Crippen LogP contribution is 2.25. The second-order valence-electron chi connectivity index (χ2n) is 5.54. The molecule has 1 atom stereocenters. The summed E-state index contributed by atoms with van der Waals surface area (Å²) in [5.41, 5.74) is 0.908. The van der Waals surface area contributed by atoms with E-state index < -0.39 is 20.6 Å². The average molecular weight is 450 g/mol. The normalized spacial score (nSPS) is 14.6. The first-order valence-electron chi connectivity index (χ1n) is 7.17. The third kappa shape index (κ3) is 3.68. The molecule has 2 rings (SSSR count). The number of rotatable bonds is 6. The Hall–Kier alpha value is -1.16. The Morgan fingerprint density at radius 3 is 2.74 bits per heavy atom. The molecule has 23 heavy (non-hydrogen) atoms. The summed E-state index contributed by atoms with van der Waals surface area (Å²) in [6.07, 6.45) is 2.90. The Bertz CT molecular complexity index is 831. The van der Waals surface area contributed by atoms with Crippen molar-refractivity contribution in [2.75, 3.05) is 12.9 Å². The number of ether oxygens (including phenoxy) is 1. The molecule has 1 aromatic heterocycles. The van der Waals surface area contributed by atoms with Gasteiger partial charge < -0.3 is 4.74 Å². The molecular formula is C15H19IN2O4S. The summed E-state index contributed by atoms with van der Waals surface area (Å²) in [6, 6.07) is 5.90. The van der Waals surface area contributed by atoms with E-state index in [2.05, 4.69) is 27.7 Å². The molecule has 2 aromatic rings. The molecule has 1 unspecified atom stereocenters. The van der Waals surface area contributed by atoms with Crippen molar-refractivity contribution in [3.05, 3.63) is 28.0 Å². The Morgan fingerprint density at radius 2 is 2.13 bits per heavy atom. The lowest BCUT2D eigenvalue weighted by Crippen LogP contribution is -2.45. The predicted octanol–water partition coefficient (Wildman–Crippen LogP) is 2.40. The Balaban J connectivity index is 2.29. The van der Waals surface area contributed by atoms with Crippen LogP contribution in [0.15, 0.2) is 24.4 Å². The quantitative estimate of drug-likeness (QED) is 0.499. The van der Waals surface area contributed by atoms with Gasteiger partial charge in [0.15, 0.2) is 14.6 Å². The highest BCUT2D eigenvalue weighted by Gasteiger charge is 2.44. The van der Waals surface area contributed by atoms with Crippen LogP contribution in [0.2, 0.25) is 0 Å². The number of carbonyl (C=O) groups is 1. The zero-order valence-corrected chi connectivity index (χ0v) is 16.2. The Morgan fingerprint density at radius 1 is 1.43 bits per heavy atom. The smallest absolute Gasteiger partial charge is 0.327 e. The van der Waals surface area contributed by atoms with Crippen molar-refractivity contribution in [1.29, 1.82) is 0 Å². The highest BCUT2D eigenvalue weighted by molar-refractivity contribution is 14.1. The van der Waals surface area contributed by atoms with E-state index >= 15 is 0 Å². The SMILES string of the molecule is CCOC(=O)C(C)(CCn1ncc2cc(I)ccc21)S(C)(=O)=O. The minimum Gasteiger partial charge on any atom is -0.465 e. The number of sulfone groups is 1. The van der Waals surface area contributed by atoms with Gasteiger partial charge in [0.2, 0.25) is 0 Å². The number of aromatic nitrogens is 2. The van der Waals surface area contributed by atoms with Gasteiger partial charge in [-0.05, 0) is 61.1 Å². The molecule has 0 N–H and O–H groups in total. The van der Waals surface area contributed by atoms with Crippen molar-refractivity contribution in [2.45, 2.75) is 31.6 Å². The van der Waals surface area contributed by atoms with Gasteiger partial charge >= 0.3 is 5.97 Å². The van der Waals surface area contributed by atoms with Crippen LogP contribution < -0.4 is 0 Å². The molecule has 0 radical (unpaired) electrons. The highest BCUT2D eigenvalue weighted by atomic mass is 127. The fourth-order valence-electron chi connectivity index (χ4n) is 2.28. The van der Waals surface area contributed by atoms with Gasteiger partial charge in [-0.2, -0.15) is 5.10 Å². The summed E-state index contributed by atoms with van der Waals surface area (Å²) in [5.74, 6) is -0.714. The van der Waals surface area contributed by atoms with Gasteiger partial charge in [-0.3, -0.25) is 9.48 Å². The van der Waals surface area contributed by atoms with E-state index in [4.69, 9.17) is 4.74 Å². The minimum absolute atomic E-state index is 0.105. The molecule has 1 aromatic carbocycles. The topological polar surface area (TPSA) is 78.3 Å². The number of fused-ring (bicyclic) bond motifs is 1. The van der Waals surface area contributed by atoms with E-state index in [1.807, 2.05) is 18.2 Å². The molecule has 0 aliphatic heterocycles. The lowest BCUT2D eigenvalue weighted by molar-refractivity contribution is -0.146. The van der Waals surface area contributed by atoms with E-state index in [9.17, 15) is 13.2 Å². The molecule has 0 aliphatic carbocycles. The van der Waals surface area contributed by atoms with Gasteiger partial charge in [0, 0.05) is 21.8 Å². The molecule has 0 aliphatic rings. The lowest BCUT2D eigenvalue weighted by atomic mass is 10.1. The summed E-state index contributed by atoms with van der Waals surface area (Å²) in [7, 11) is -3.62. The summed E-state index contributed by atoms with van der Waals surface area (Å²) in [4.78, 5) is 12.1. The maximum atomic E-state index is 12.1. The van der Waals surface area contributed by atoms with Crippen molar-refractivity contribution in [3.8, 4) is 0 Å². The maximum absolute atomic E-state index is 12.1. The molecule has 0 amide bonds. The van der Waals surface area contributed by atoms with Crippen LogP contribution in [0.25, 0.3) is 10.9 Å². The van der Waals surface area contributed by atoms with Gasteiger partial charge in [0.25, 0.3) is 0 Å². The second-order valence-corrected chi connectivity index (χ2v) is 9.24. The number of benzene rings is 1. The van der Waals surface area contributed by atoms with Crippen LogP contribution in [0, 0.1) is 3.57 Å². The van der Waals surface area contributed by atoms with Crippen LogP contribution in [-0.2, 0) is 25.9 Å². The number of carbonyl (C=O) groups excluding carboxylic acids is 1. The molecule has 0 bridgehead atoms. The number of nitrogens with zero attached hydrogens (tertiary/aromatic N) is 2. The number of esters is 1. The fraction of sp³-hybridized carbons (Fsp3) is 0.467.